The van der Waals surface area contributed by atoms with Crippen LogP contribution in [-0.4, -0.2) is 61.5 Å². The highest BCUT2D eigenvalue weighted by atomic mass is 79.9. The fourth-order valence-corrected chi connectivity index (χ4v) is 4.64. The largest absolute Gasteiger partial charge is 0.509 e. The number of non-ortho nitro benzene ring substituents is 1. The summed E-state index contributed by atoms with van der Waals surface area (Å²) in [4.78, 5) is 72.3. The number of amides is 2. The first-order valence-electron chi connectivity index (χ1n) is 11.0. The summed E-state index contributed by atoms with van der Waals surface area (Å²) >= 11 is 3.57. The molecule has 3 unspecified atom stereocenters. The second kappa shape index (κ2) is 13.5. The maximum atomic E-state index is 13.1. The average Bonchev–Trinajstić information content (AvgIpc) is 2.95. The Morgan fingerprint density at radius 2 is 1.85 bits per heavy atom. The number of ether oxygens (including phenoxy) is 2. The monoisotopic (exact) mass is 621 g/mol. The predicted molar refractivity (Wildman–Crippen MR) is 140 cm³/mol. The van der Waals surface area contributed by atoms with Crippen LogP contribution in [0.25, 0.3) is 0 Å². The number of carbonyl (C=O) groups is 5. The third-order valence-corrected chi connectivity index (χ3v) is 6.82. The molecule has 15 heteroatoms. The quantitative estimate of drug-likeness (QED) is 0.0489. The van der Waals surface area contributed by atoms with E-state index in [9.17, 15) is 39.2 Å². The number of allylic oxidation sites excluding steroid dienone is 1. The van der Waals surface area contributed by atoms with Crippen LogP contribution in [0.2, 0.25) is 0 Å². The number of esters is 1. The Bertz CT molecular complexity index is 1290. The molecule has 0 bridgehead atoms. The number of hydrogen-bond acceptors (Lipinski definition) is 11. The van der Waals surface area contributed by atoms with Gasteiger partial charge in [0.2, 0.25) is 6.10 Å². The Morgan fingerprint density at radius 1 is 1.18 bits per heavy atom. The summed E-state index contributed by atoms with van der Waals surface area (Å²) in [5.41, 5.74) is 0.395. The van der Waals surface area contributed by atoms with Gasteiger partial charge in [0.05, 0.1) is 10.3 Å². The van der Waals surface area contributed by atoms with Gasteiger partial charge in [0.15, 0.2) is 11.3 Å². The molecule has 3 rings (SSSR count). The van der Waals surface area contributed by atoms with Crippen molar-refractivity contribution >= 4 is 63.3 Å². The van der Waals surface area contributed by atoms with Gasteiger partial charge in [-0.2, -0.15) is 0 Å². The van der Waals surface area contributed by atoms with Crippen LogP contribution in [0.4, 0.5) is 5.69 Å². The summed E-state index contributed by atoms with van der Waals surface area (Å²) in [6.45, 7) is -0.259. The zero-order chi connectivity index (χ0) is 28.5. The summed E-state index contributed by atoms with van der Waals surface area (Å²) < 4.78 is 10.1. The van der Waals surface area contributed by atoms with Gasteiger partial charge in [0.1, 0.15) is 23.8 Å². The van der Waals surface area contributed by atoms with Gasteiger partial charge in [0.25, 0.3) is 24.0 Å². The molecule has 1 heterocycles. The topological polar surface area (TPSA) is 182 Å². The Morgan fingerprint density at radius 3 is 2.41 bits per heavy atom. The number of rotatable bonds is 13. The first-order valence-corrected chi connectivity index (χ1v) is 13.0. The summed E-state index contributed by atoms with van der Waals surface area (Å²) in [7, 11) is 0. The lowest BCUT2D eigenvalue weighted by molar-refractivity contribution is -0.384. The van der Waals surface area contributed by atoms with E-state index in [1.165, 1.54) is 36.4 Å². The van der Waals surface area contributed by atoms with E-state index in [1.54, 1.807) is 18.2 Å². The van der Waals surface area contributed by atoms with E-state index in [2.05, 4.69) is 21.2 Å². The van der Waals surface area contributed by atoms with Crippen molar-refractivity contribution < 1.29 is 43.5 Å². The molecule has 1 aliphatic rings. The number of thioether (sulfide) groups is 1. The van der Waals surface area contributed by atoms with Crippen LogP contribution in [0.5, 0.6) is 0 Å². The van der Waals surface area contributed by atoms with Crippen LogP contribution in [0.1, 0.15) is 17.2 Å². The number of hydrogen-bond donors (Lipinski definition) is 2. The van der Waals surface area contributed by atoms with Crippen LogP contribution < -0.4 is 5.32 Å². The summed E-state index contributed by atoms with van der Waals surface area (Å²) in [6.07, 6.45) is -1.38. The third kappa shape index (κ3) is 6.80. The highest BCUT2D eigenvalue weighted by Gasteiger charge is 2.53. The SMILES string of the molecule is O=COC(C(=O)NC1C(=O)N(C(C(=O)OCc2ccc([N+](=O)[O-])cc2)=C(O)CBr)C1SC=O)c1ccccc1. The number of nitro groups is 1. The van der Waals surface area contributed by atoms with E-state index < -0.39 is 51.7 Å². The number of nitro benzene ring substituents is 1. The number of halogens is 1. The summed E-state index contributed by atoms with van der Waals surface area (Å²) in [5, 5.41) is 22.2. The van der Waals surface area contributed by atoms with Crippen molar-refractivity contribution in [3.8, 4) is 0 Å². The molecule has 0 spiro atoms. The molecule has 1 saturated heterocycles. The zero-order valence-electron chi connectivity index (χ0n) is 19.8. The molecule has 1 aliphatic heterocycles. The number of nitrogens with zero attached hydrogens (tertiary/aromatic N) is 2. The molecular formula is C24H20BrN3O10S. The number of benzene rings is 2. The van der Waals surface area contributed by atoms with Crippen molar-refractivity contribution in [2.24, 2.45) is 0 Å². The van der Waals surface area contributed by atoms with Gasteiger partial charge in [0, 0.05) is 17.7 Å². The van der Waals surface area contributed by atoms with Crippen molar-refractivity contribution in [2.75, 3.05) is 5.33 Å². The first kappa shape index (κ1) is 29.3. The number of aliphatic hydroxyl groups excluding tert-OH is 1. The van der Waals surface area contributed by atoms with Crippen molar-refractivity contribution in [3.63, 3.8) is 0 Å². The van der Waals surface area contributed by atoms with Gasteiger partial charge in [-0.25, -0.2) is 4.79 Å². The van der Waals surface area contributed by atoms with Gasteiger partial charge < -0.3 is 19.9 Å². The minimum absolute atomic E-state index is 0.0830. The van der Waals surface area contributed by atoms with Gasteiger partial charge >= 0.3 is 5.97 Å². The zero-order valence-corrected chi connectivity index (χ0v) is 22.2. The number of aliphatic hydroxyl groups is 1. The van der Waals surface area contributed by atoms with Gasteiger partial charge in [-0.05, 0) is 17.7 Å². The van der Waals surface area contributed by atoms with E-state index in [1.807, 2.05) is 0 Å². The van der Waals surface area contributed by atoms with Crippen LogP contribution in [0.3, 0.4) is 0 Å². The Kier molecular flexibility index (Phi) is 10.2. The van der Waals surface area contributed by atoms with Crippen molar-refractivity contribution in [1.29, 1.82) is 0 Å². The number of alkyl halides is 1. The molecular weight excluding hydrogens is 602 g/mol. The summed E-state index contributed by atoms with van der Waals surface area (Å²) in [5.74, 6) is -3.38. The molecule has 0 aliphatic carbocycles. The maximum Gasteiger partial charge on any atom is 0.358 e. The third-order valence-electron chi connectivity index (χ3n) is 5.42. The molecule has 2 amide bonds. The van der Waals surface area contributed by atoms with Crippen molar-refractivity contribution in [1.82, 2.24) is 10.2 Å². The Balaban J connectivity index is 1.78. The van der Waals surface area contributed by atoms with Gasteiger partial charge in [-0.1, -0.05) is 58.0 Å². The molecule has 2 aromatic rings. The molecule has 39 heavy (non-hydrogen) atoms. The maximum absolute atomic E-state index is 13.1. The number of likely N-dealkylation sites (tertiary alicyclic amines) is 1. The normalized spacial score (nSPS) is 17.7. The van der Waals surface area contributed by atoms with Gasteiger partial charge in [-0.3, -0.25) is 34.2 Å². The van der Waals surface area contributed by atoms with E-state index >= 15 is 0 Å². The molecule has 0 aromatic heterocycles. The minimum atomic E-state index is -1.38. The molecule has 0 saturated carbocycles. The molecule has 3 atom stereocenters. The Hall–Kier alpha value is -4.24. The lowest BCUT2D eigenvalue weighted by Crippen LogP contribution is -2.70. The molecule has 2 aromatic carbocycles. The molecule has 204 valence electrons. The van der Waals surface area contributed by atoms with Crippen LogP contribution in [-0.2, 0) is 40.1 Å². The standard InChI is InChI=1S/C24H20BrN3O10S/c25-10-17(31)19(24(34)37-11-14-6-8-16(9-7-14)28(35)36)27-22(33)18(23(27)39-13-30)26-21(32)20(38-12-29)15-4-2-1-3-5-15/h1-9,12-13,18,20,23,31H,10-11H2,(H,26,32). The van der Waals surface area contributed by atoms with Crippen molar-refractivity contribution in [3.05, 3.63) is 87.3 Å². The summed E-state index contributed by atoms with van der Waals surface area (Å²) in [6, 6.07) is 11.9. The fraction of sp³-hybridized carbons (Fsp3) is 0.208. The van der Waals surface area contributed by atoms with E-state index in [0.717, 1.165) is 4.90 Å². The molecule has 2 N–H and O–H groups in total. The predicted octanol–water partition coefficient (Wildman–Crippen LogP) is 2.29. The van der Waals surface area contributed by atoms with Crippen molar-refractivity contribution in [2.45, 2.75) is 24.1 Å². The second-order valence-corrected chi connectivity index (χ2v) is 9.28. The molecule has 0 radical (unpaired) electrons. The molecule has 1 fully saturated rings. The number of carbonyl (C=O) groups excluding carboxylic acids is 5. The fourth-order valence-electron chi connectivity index (χ4n) is 3.58. The smallest absolute Gasteiger partial charge is 0.358 e. The minimum Gasteiger partial charge on any atom is -0.509 e. The van der Waals surface area contributed by atoms with Crippen LogP contribution in [0, 0.1) is 10.1 Å². The number of nitrogens with one attached hydrogen (secondary N) is 1. The Labute approximate surface area is 233 Å². The van der Waals surface area contributed by atoms with E-state index in [-0.39, 0.29) is 24.1 Å². The van der Waals surface area contributed by atoms with Crippen LogP contribution >= 0.6 is 27.7 Å². The average molecular weight is 622 g/mol. The highest BCUT2D eigenvalue weighted by molar-refractivity contribution is 9.09. The molecule has 13 nitrogen and oxygen atoms in total. The van der Waals surface area contributed by atoms with Gasteiger partial charge in [-0.15, -0.1) is 0 Å². The van der Waals surface area contributed by atoms with E-state index in [4.69, 9.17) is 9.47 Å². The highest BCUT2D eigenvalue weighted by Crippen LogP contribution is 2.35. The first-order chi connectivity index (χ1) is 18.7. The lowest BCUT2D eigenvalue weighted by atomic mass is 10.0. The number of β-lactam (4-membered cyclic amide) rings is 1. The van der Waals surface area contributed by atoms with E-state index in [0.29, 0.717) is 28.5 Å². The second-order valence-electron chi connectivity index (χ2n) is 7.77. The lowest BCUT2D eigenvalue weighted by Gasteiger charge is -2.46. The van der Waals surface area contributed by atoms with Crippen LogP contribution in [0.15, 0.2) is 66.1 Å².